The lowest BCUT2D eigenvalue weighted by Crippen LogP contribution is -2.30. The fourth-order valence-electron chi connectivity index (χ4n) is 11.7. The van der Waals surface area contributed by atoms with Gasteiger partial charge >= 0.3 is 17.9 Å². The predicted octanol–water partition coefficient (Wildman–Crippen LogP) is 26.1. The third-order valence-corrected chi connectivity index (χ3v) is 17.4. The van der Waals surface area contributed by atoms with Gasteiger partial charge in [-0.3, -0.25) is 14.4 Å². The van der Waals surface area contributed by atoms with Crippen LogP contribution in [0.4, 0.5) is 0 Å². The number of rotatable bonds is 71. The zero-order valence-electron chi connectivity index (χ0n) is 56.5. The Labute approximate surface area is 519 Å². The van der Waals surface area contributed by atoms with Gasteiger partial charge in [-0.05, 0) is 70.6 Å². The van der Waals surface area contributed by atoms with Gasteiger partial charge in [-0.1, -0.05) is 366 Å². The van der Waals surface area contributed by atoms with Crippen molar-refractivity contribution in [3.8, 4) is 0 Å². The Balaban J connectivity index is 4.17. The maximum atomic E-state index is 13.0. The highest BCUT2D eigenvalue weighted by molar-refractivity contribution is 5.71. The fourth-order valence-corrected chi connectivity index (χ4v) is 11.7. The van der Waals surface area contributed by atoms with Gasteiger partial charge in [0.05, 0.1) is 0 Å². The van der Waals surface area contributed by atoms with E-state index in [-0.39, 0.29) is 31.1 Å². The van der Waals surface area contributed by atoms with Gasteiger partial charge < -0.3 is 14.2 Å². The van der Waals surface area contributed by atoms with E-state index in [0.29, 0.717) is 19.3 Å². The molecule has 0 aromatic carbocycles. The Morgan fingerprint density at radius 2 is 0.398 bits per heavy atom. The number of hydrogen-bond donors (Lipinski definition) is 0. The number of esters is 3. The molecule has 83 heavy (non-hydrogen) atoms. The molecule has 0 bridgehead atoms. The average Bonchev–Trinajstić information content (AvgIpc) is 3.49. The Hall–Kier alpha value is -2.11. The largest absolute Gasteiger partial charge is 0.462 e. The number of unbranched alkanes of at least 4 members (excludes halogenated alkanes) is 56. The molecule has 0 spiro atoms. The minimum Gasteiger partial charge on any atom is -0.462 e. The Morgan fingerprint density at radius 1 is 0.229 bits per heavy atom. The number of hydrogen-bond acceptors (Lipinski definition) is 6. The summed E-state index contributed by atoms with van der Waals surface area (Å²) >= 11 is 0. The van der Waals surface area contributed by atoms with Crippen LogP contribution in [0.25, 0.3) is 0 Å². The zero-order valence-corrected chi connectivity index (χ0v) is 56.5. The monoisotopic (exact) mass is 1170 g/mol. The molecular formula is C77H146O6. The molecule has 6 heteroatoms. The highest BCUT2D eigenvalue weighted by atomic mass is 16.6. The maximum absolute atomic E-state index is 13.0. The smallest absolute Gasteiger partial charge is 0.306 e. The van der Waals surface area contributed by atoms with Gasteiger partial charge in [0.1, 0.15) is 13.2 Å². The molecule has 0 aliphatic rings. The first kappa shape index (κ1) is 80.9. The fraction of sp³-hybridized carbons (Fsp3) is 0.909. The summed E-state index contributed by atoms with van der Waals surface area (Å²) in [6.45, 7) is 6.73. The highest BCUT2D eigenvalue weighted by Crippen LogP contribution is 2.19. The van der Waals surface area contributed by atoms with E-state index in [1.165, 1.54) is 334 Å². The first-order valence-electron chi connectivity index (χ1n) is 37.8. The second kappa shape index (κ2) is 72.4. The molecule has 0 aliphatic carbocycles. The summed E-state index contributed by atoms with van der Waals surface area (Å²) < 4.78 is 17.0. The van der Waals surface area contributed by atoms with Crippen LogP contribution < -0.4 is 0 Å². The van der Waals surface area contributed by atoms with E-state index in [9.17, 15) is 14.4 Å². The van der Waals surface area contributed by atoms with Crippen LogP contribution in [0, 0.1) is 0 Å². The lowest BCUT2D eigenvalue weighted by Gasteiger charge is -2.18. The second-order valence-corrected chi connectivity index (χ2v) is 25.9. The summed E-state index contributed by atoms with van der Waals surface area (Å²) in [5, 5.41) is 0. The Kier molecular flexibility index (Phi) is 70.5. The van der Waals surface area contributed by atoms with E-state index >= 15 is 0 Å². The molecule has 490 valence electrons. The summed E-state index contributed by atoms with van der Waals surface area (Å²) in [7, 11) is 0. The summed E-state index contributed by atoms with van der Waals surface area (Å²) in [4.78, 5) is 38.5. The molecule has 1 unspecified atom stereocenters. The highest BCUT2D eigenvalue weighted by Gasteiger charge is 2.20. The van der Waals surface area contributed by atoms with Gasteiger partial charge in [0.25, 0.3) is 0 Å². The lowest BCUT2D eigenvalue weighted by atomic mass is 10.0. The van der Waals surface area contributed by atoms with E-state index in [1.807, 2.05) is 0 Å². The normalized spacial score (nSPS) is 12.1. The van der Waals surface area contributed by atoms with Crippen LogP contribution in [0.3, 0.4) is 0 Å². The van der Waals surface area contributed by atoms with Gasteiger partial charge in [-0.2, -0.15) is 0 Å². The topological polar surface area (TPSA) is 78.9 Å². The van der Waals surface area contributed by atoms with Gasteiger partial charge in [0, 0.05) is 19.3 Å². The third-order valence-electron chi connectivity index (χ3n) is 17.4. The molecule has 0 fully saturated rings. The van der Waals surface area contributed by atoms with Crippen molar-refractivity contribution in [2.45, 2.75) is 438 Å². The van der Waals surface area contributed by atoms with Crippen molar-refractivity contribution in [1.29, 1.82) is 0 Å². The lowest BCUT2D eigenvalue weighted by molar-refractivity contribution is -0.167. The average molecular weight is 1170 g/mol. The van der Waals surface area contributed by atoms with Crippen LogP contribution in [0.5, 0.6) is 0 Å². The molecule has 0 amide bonds. The van der Waals surface area contributed by atoms with Crippen LogP contribution >= 0.6 is 0 Å². The van der Waals surface area contributed by atoms with E-state index in [0.717, 1.165) is 57.8 Å². The molecule has 0 aliphatic heterocycles. The molecule has 0 N–H and O–H groups in total. The van der Waals surface area contributed by atoms with Crippen LogP contribution in [0.2, 0.25) is 0 Å². The number of allylic oxidation sites excluding steroid dienone is 4. The van der Waals surface area contributed by atoms with Crippen LogP contribution in [-0.2, 0) is 28.6 Å². The molecule has 0 aromatic heterocycles. The van der Waals surface area contributed by atoms with Gasteiger partial charge in [0.15, 0.2) is 6.10 Å². The summed E-state index contributed by atoms with van der Waals surface area (Å²) in [5.41, 5.74) is 0. The van der Waals surface area contributed by atoms with E-state index in [4.69, 9.17) is 14.2 Å². The van der Waals surface area contributed by atoms with Crippen molar-refractivity contribution in [1.82, 2.24) is 0 Å². The van der Waals surface area contributed by atoms with E-state index in [1.54, 1.807) is 0 Å². The second-order valence-electron chi connectivity index (χ2n) is 25.9. The van der Waals surface area contributed by atoms with Gasteiger partial charge in [0.2, 0.25) is 0 Å². The first-order chi connectivity index (χ1) is 41.0. The molecule has 0 radical (unpaired) electrons. The predicted molar refractivity (Wildman–Crippen MR) is 363 cm³/mol. The number of carbonyl (C=O) groups is 3. The van der Waals surface area contributed by atoms with Crippen molar-refractivity contribution < 1.29 is 28.6 Å². The Morgan fingerprint density at radius 3 is 0.602 bits per heavy atom. The first-order valence-corrected chi connectivity index (χ1v) is 37.8. The van der Waals surface area contributed by atoms with Crippen molar-refractivity contribution in [3.05, 3.63) is 24.3 Å². The number of carbonyl (C=O) groups excluding carboxylic acids is 3. The summed E-state index contributed by atoms with van der Waals surface area (Å²) in [6.07, 6.45) is 89.4. The minimum atomic E-state index is -0.769. The van der Waals surface area contributed by atoms with Crippen molar-refractivity contribution in [2.75, 3.05) is 13.2 Å². The van der Waals surface area contributed by atoms with E-state index in [2.05, 4.69) is 45.1 Å². The van der Waals surface area contributed by atoms with Gasteiger partial charge in [-0.25, -0.2) is 0 Å². The standard InChI is InChI=1S/C77H146O6/c1-4-7-10-13-16-19-22-25-27-29-31-33-35-36-37-38-39-40-42-43-45-47-49-52-55-58-61-64-67-70-76(79)82-73-74(72-81-75(78)69-66-63-60-57-54-51-24-21-18-15-12-9-6-3)83-77(80)71-68-65-62-59-56-53-50-48-46-44-41-34-32-30-28-26-23-20-17-14-11-8-5-2/h29-32,74H,4-28,33-73H2,1-3H3/b31-29-,32-30-. The molecule has 1 atom stereocenters. The Bertz CT molecular complexity index is 1340. The van der Waals surface area contributed by atoms with Gasteiger partial charge in [-0.15, -0.1) is 0 Å². The quantitative estimate of drug-likeness (QED) is 0.0261. The zero-order chi connectivity index (χ0) is 59.9. The molecule has 0 heterocycles. The van der Waals surface area contributed by atoms with Crippen LogP contribution in [-0.4, -0.2) is 37.2 Å². The minimum absolute atomic E-state index is 0.0647. The molecular weight excluding hydrogens is 1020 g/mol. The molecule has 0 rings (SSSR count). The van der Waals surface area contributed by atoms with Crippen molar-refractivity contribution in [2.24, 2.45) is 0 Å². The summed E-state index contributed by atoms with van der Waals surface area (Å²) in [5.74, 6) is -0.830. The summed E-state index contributed by atoms with van der Waals surface area (Å²) in [6, 6.07) is 0. The van der Waals surface area contributed by atoms with Crippen LogP contribution in [0.15, 0.2) is 24.3 Å². The van der Waals surface area contributed by atoms with E-state index < -0.39 is 6.10 Å². The molecule has 0 saturated carbocycles. The van der Waals surface area contributed by atoms with Crippen LogP contribution in [0.1, 0.15) is 432 Å². The third kappa shape index (κ3) is 70.5. The molecule has 0 saturated heterocycles. The SMILES string of the molecule is CCCCCCCCCC/C=C\CCCCCCCCCCCCCCCCCCCC(=O)OCC(COC(=O)CCCCCCCCCCCCCCC)OC(=O)CCCCCCCCCCCCC/C=C\CCCCCCCCCC. The maximum Gasteiger partial charge on any atom is 0.306 e. The van der Waals surface area contributed by atoms with Crippen molar-refractivity contribution >= 4 is 17.9 Å². The molecule has 6 nitrogen and oxygen atoms in total. The van der Waals surface area contributed by atoms with Crippen molar-refractivity contribution in [3.63, 3.8) is 0 Å². The number of ether oxygens (including phenoxy) is 3. The molecule has 0 aromatic rings.